The number of rotatable bonds is 10. The predicted molar refractivity (Wildman–Crippen MR) is 81.7 cm³/mol. The lowest BCUT2D eigenvalue weighted by atomic mass is 10.0. The molecule has 0 aromatic carbocycles. The third-order valence-corrected chi connectivity index (χ3v) is 3.96. The van der Waals surface area contributed by atoms with Gasteiger partial charge in [0.15, 0.2) is 0 Å². The number of piperidine rings is 1. The Morgan fingerprint density at radius 3 is 2.53 bits per heavy atom. The maximum absolute atomic E-state index is 5.52. The molecule has 0 unspecified atom stereocenters. The maximum Gasteiger partial charge on any atom is 0.0590 e. The van der Waals surface area contributed by atoms with Crippen LogP contribution >= 0.6 is 0 Å². The Hall–Kier alpha value is -0.160. The first-order chi connectivity index (χ1) is 9.24. The Balaban J connectivity index is 1.88. The Labute approximate surface area is 119 Å². The molecule has 1 rings (SSSR count). The third-order valence-electron chi connectivity index (χ3n) is 3.96. The Morgan fingerprint density at radius 1 is 1.16 bits per heavy atom. The molecule has 1 N–H and O–H groups in total. The van der Waals surface area contributed by atoms with Gasteiger partial charge in [-0.25, -0.2) is 0 Å². The van der Waals surface area contributed by atoms with Crippen LogP contribution in [0.2, 0.25) is 0 Å². The Bertz CT molecular complexity index is 204. The second-order valence-corrected chi connectivity index (χ2v) is 5.75. The summed E-state index contributed by atoms with van der Waals surface area (Å²) in [7, 11) is 4.39. The molecule has 114 valence electrons. The highest BCUT2D eigenvalue weighted by molar-refractivity contribution is 4.77. The molecule has 0 bridgehead atoms. The molecule has 1 fully saturated rings. The van der Waals surface area contributed by atoms with Crippen molar-refractivity contribution in [1.29, 1.82) is 0 Å². The minimum Gasteiger partial charge on any atom is -0.380 e. The first-order valence-electron chi connectivity index (χ1n) is 7.91. The molecule has 4 nitrogen and oxygen atoms in total. The van der Waals surface area contributed by atoms with Gasteiger partial charge in [0.1, 0.15) is 0 Å². The van der Waals surface area contributed by atoms with Crippen LogP contribution in [-0.2, 0) is 4.74 Å². The van der Waals surface area contributed by atoms with Gasteiger partial charge in [-0.1, -0.05) is 13.3 Å². The van der Waals surface area contributed by atoms with Gasteiger partial charge < -0.3 is 19.9 Å². The van der Waals surface area contributed by atoms with Gasteiger partial charge in [0.2, 0.25) is 0 Å². The molecule has 0 saturated carbocycles. The van der Waals surface area contributed by atoms with E-state index < -0.39 is 0 Å². The van der Waals surface area contributed by atoms with Crippen molar-refractivity contribution in [2.24, 2.45) is 0 Å². The number of nitrogens with zero attached hydrogens (tertiary/aromatic N) is 2. The fraction of sp³-hybridized carbons (Fsp3) is 1.00. The first kappa shape index (κ1) is 16.9. The monoisotopic (exact) mass is 271 g/mol. The molecule has 0 atom stereocenters. The summed E-state index contributed by atoms with van der Waals surface area (Å²) in [6.07, 6.45) is 5.03. The number of nitrogens with one attached hydrogen (secondary N) is 1. The van der Waals surface area contributed by atoms with Crippen LogP contribution in [-0.4, -0.2) is 75.9 Å². The first-order valence-corrected chi connectivity index (χ1v) is 7.91. The van der Waals surface area contributed by atoms with Gasteiger partial charge in [0.05, 0.1) is 6.61 Å². The summed E-state index contributed by atoms with van der Waals surface area (Å²) in [6.45, 7) is 9.70. The van der Waals surface area contributed by atoms with Crippen molar-refractivity contribution >= 4 is 0 Å². The summed E-state index contributed by atoms with van der Waals surface area (Å²) in [5.74, 6) is 0. The molecule has 0 spiro atoms. The Morgan fingerprint density at radius 2 is 1.89 bits per heavy atom. The maximum atomic E-state index is 5.52. The van der Waals surface area contributed by atoms with Gasteiger partial charge in [-0.2, -0.15) is 0 Å². The van der Waals surface area contributed by atoms with Gasteiger partial charge in [-0.3, -0.25) is 0 Å². The minimum atomic E-state index is 0.788. The standard InChI is InChI=1S/C15H33N3O/c1-4-5-13-19-14-9-16-8-12-18-10-6-15(7-11-18)17(2)3/h15-16H,4-14H2,1-3H3. The summed E-state index contributed by atoms with van der Waals surface area (Å²) >= 11 is 0. The molecule has 1 aliphatic heterocycles. The van der Waals surface area contributed by atoms with Gasteiger partial charge in [0.25, 0.3) is 0 Å². The van der Waals surface area contributed by atoms with Crippen LogP contribution in [0.4, 0.5) is 0 Å². The molecular formula is C15H33N3O. The summed E-state index contributed by atoms with van der Waals surface area (Å²) in [4.78, 5) is 4.94. The zero-order valence-corrected chi connectivity index (χ0v) is 13.2. The third kappa shape index (κ3) is 7.88. The topological polar surface area (TPSA) is 27.7 Å². The molecule has 0 aromatic rings. The van der Waals surface area contributed by atoms with E-state index in [0.29, 0.717) is 0 Å². The van der Waals surface area contributed by atoms with Gasteiger partial charge in [-0.15, -0.1) is 0 Å². The van der Waals surface area contributed by atoms with Crippen LogP contribution in [0.15, 0.2) is 0 Å². The van der Waals surface area contributed by atoms with Gasteiger partial charge >= 0.3 is 0 Å². The number of likely N-dealkylation sites (tertiary alicyclic amines) is 1. The number of hydrogen-bond acceptors (Lipinski definition) is 4. The number of unbranched alkanes of at least 4 members (excludes halogenated alkanes) is 1. The molecule has 1 saturated heterocycles. The lowest BCUT2D eigenvalue weighted by Gasteiger charge is -2.35. The van der Waals surface area contributed by atoms with Crippen molar-refractivity contribution in [2.45, 2.75) is 38.6 Å². The summed E-state index contributed by atoms with van der Waals surface area (Å²) in [6, 6.07) is 0.788. The average molecular weight is 271 g/mol. The SMILES string of the molecule is CCCCOCCNCCN1CCC(N(C)C)CC1. The van der Waals surface area contributed by atoms with E-state index in [-0.39, 0.29) is 0 Å². The molecule has 0 amide bonds. The van der Waals surface area contributed by atoms with Crippen LogP contribution in [0.5, 0.6) is 0 Å². The predicted octanol–water partition coefficient (Wildman–Crippen LogP) is 1.42. The smallest absolute Gasteiger partial charge is 0.0590 e. The molecule has 4 heteroatoms. The molecule has 19 heavy (non-hydrogen) atoms. The number of ether oxygens (including phenoxy) is 1. The van der Waals surface area contributed by atoms with Gasteiger partial charge in [0, 0.05) is 32.3 Å². The van der Waals surface area contributed by atoms with E-state index in [4.69, 9.17) is 4.74 Å². The molecule has 1 heterocycles. The highest BCUT2D eigenvalue weighted by atomic mass is 16.5. The van der Waals surface area contributed by atoms with Crippen molar-refractivity contribution in [2.75, 3.05) is 60.0 Å². The van der Waals surface area contributed by atoms with E-state index in [1.165, 1.54) is 45.3 Å². The van der Waals surface area contributed by atoms with E-state index in [1.54, 1.807) is 0 Å². The van der Waals surface area contributed by atoms with Gasteiger partial charge in [-0.05, 0) is 46.4 Å². The lowest BCUT2D eigenvalue weighted by molar-refractivity contribution is 0.128. The zero-order chi connectivity index (χ0) is 13.9. The highest BCUT2D eigenvalue weighted by Gasteiger charge is 2.19. The van der Waals surface area contributed by atoms with Crippen molar-refractivity contribution in [1.82, 2.24) is 15.1 Å². The molecule has 0 radical (unpaired) electrons. The van der Waals surface area contributed by atoms with Crippen molar-refractivity contribution in [3.8, 4) is 0 Å². The lowest BCUT2D eigenvalue weighted by Crippen LogP contribution is -2.44. The van der Waals surface area contributed by atoms with Crippen LogP contribution in [0.25, 0.3) is 0 Å². The van der Waals surface area contributed by atoms with E-state index in [0.717, 1.165) is 32.3 Å². The Kier molecular flexibility index (Phi) is 9.43. The molecule has 1 aliphatic rings. The normalized spacial score (nSPS) is 18.3. The second-order valence-electron chi connectivity index (χ2n) is 5.75. The summed E-state index contributed by atoms with van der Waals surface area (Å²) in [5.41, 5.74) is 0. The van der Waals surface area contributed by atoms with Crippen molar-refractivity contribution < 1.29 is 4.74 Å². The molecular weight excluding hydrogens is 238 g/mol. The van der Waals surface area contributed by atoms with Crippen LogP contribution in [0.1, 0.15) is 32.6 Å². The quantitative estimate of drug-likeness (QED) is 0.608. The summed E-state index contributed by atoms with van der Waals surface area (Å²) < 4.78 is 5.52. The number of hydrogen-bond donors (Lipinski definition) is 1. The van der Waals surface area contributed by atoms with E-state index in [2.05, 4.69) is 36.1 Å². The fourth-order valence-corrected chi connectivity index (χ4v) is 2.51. The fourth-order valence-electron chi connectivity index (χ4n) is 2.51. The van der Waals surface area contributed by atoms with Crippen molar-refractivity contribution in [3.05, 3.63) is 0 Å². The van der Waals surface area contributed by atoms with Crippen LogP contribution < -0.4 is 5.32 Å². The van der Waals surface area contributed by atoms with E-state index in [1.807, 2.05) is 0 Å². The summed E-state index contributed by atoms with van der Waals surface area (Å²) in [5, 5.41) is 3.47. The molecule has 0 aromatic heterocycles. The van der Waals surface area contributed by atoms with E-state index >= 15 is 0 Å². The van der Waals surface area contributed by atoms with Crippen LogP contribution in [0, 0.1) is 0 Å². The zero-order valence-electron chi connectivity index (χ0n) is 13.2. The minimum absolute atomic E-state index is 0.788. The average Bonchev–Trinajstić information content (AvgIpc) is 2.42. The largest absolute Gasteiger partial charge is 0.380 e. The highest BCUT2D eigenvalue weighted by Crippen LogP contribution is 2.13. The van der Waals surface area contributed by atoms with Crippen LogP contribution in [0.3, 0.4) is 0 Å². The molecule has 0 aliphatic carbocycles. The van der Waals surface area contributed by atoms with E-state index in [9.17, 15) is 0 Å². The van der Waals surface area contributed by atoms with Crippen molar-refractivity contribution in [3.63, 3.8) is 0 Å². The second kappa shape index (κ2) is 10.6.